The molecule has 0 bridgehead atoms. The molecule has 4 rings (SSSR count). The lowest BCUT2D eigenvalue weighted by atomic mass is 10.1. The van der Waals surface area contributed by atoms with Crippen molar-refractivity contribution in [3.8, 4) is 23.5 Å². The number of aromatic nitrogens is 1. The number of furan rings is 1. The normalized spacial score (nSPS) is 13.5. The van der Waals surface area contributed by atoms with Gasteiger partial charge in [0.25, 0.3) is 11.8 Å². The number of carbonyl (C=O) groups excluding carboxylic acids is 2. The van der Waals surface area contributed by atoms with E-state index in [-0.39, 0.29) is 29.7 Å². The highest BCUT2D eigenvalue weighted by atomic mass is 16.5. The van der Waals surface area contributed by atoms with Gasteiger partial charge in [0, 0.05) is 26.2 Å². The first-order chi connectivity index (χ1) is 16.0. The molecule has 0 unspecified atom stereocenters. The van der Waals surface area contributed by atoms with Gasteiger partial charge in [0.05, 0.1) is 13.4 Å². The molecular formula is C23H22N4O6. The van der Waals surface area contributed by atoms with E-state index in [4.69, 9.17) is 18.3 Å². The summed E-state index contributed by atoms with van der Waals surface area (Å²) in [6, 6.07) is 10.6. The van der Waals surface area contributed by atoms with Gasteiger partial charge in [-0.3, -0.25) is 4.79 Å². The fourth-order valence-electron chi connectivity index (χ4n) is 3.54. The smallest absolute Gasteiger partial charge is 0.342 e. The Morgan fingerprint density at radius 3 is 2.67 bits per heavy atom. The number of amides is 1. The number of hydrogen-bond donors (Lipinski definition) is 0. The van der Waals surface area contributed by atoms with Crippen molar-refractivity contribution in [2.45, 2.75) is 6.92 Å². The van der Waals surface area contributed by atoms with Crippen LogP contribution in [0.25, 0.3) is 11.7 Å². The summed E-state index contributed by atoms with van der Waals surface area (Å²) in [6.07, 6.45) is 1.50. The zero-order valence-corrected chi connectivity index (χ0v) is 18.2. The first-order valence-corrected chi connectivity index (χ1v) is 10.3. The Morgan fingerprint density at radius 1 is 1.21 bits per heavy atom. The van der Waals surface area contributed by atoms with Crippen molar-refractivity contribution in [1.29, 1.82) is 5.26 Å². The van der Waals surface area contributed by atoms with Gasteiger partial charge in [-0.15, -0.1) is 0 Å². The summed E-state index contributed by atoms with van der Waals surface area (Å²) in [6.45, 7) is 3.12. The number of nitrogens with zero attached hydrogens (tertiary/aromatic N) is 4. The Bertz CT molecular complexity index is 1190. The van der Waals surface area contributed by atoms with E-state index in [1.165, 1.54) is 13.4 Å². The third kappa shape index (κ3) is 4.67. The van der Waals surface area contributed by atoms with Gasteiger partial charge in [-0.1, -0.05) is 11.6 Å². The molecule has 0 radical (unpaired) electrons. The first kappa shape index (κ1) is 22.0. The molecule has 1 saturated heterocycles. The van der Waals surface area contributed by atoms with Crippen molar-refractivity contribution in [2.24, 2.45) is 0 Å². The molecular weight excluding hydrogens is 428 g/mol. The molecule has 2 aromatic heterocycles. The Kier molecular flexibility index (Phi) is 6.31. The molecule has 1 aliphatic heterocycles. The fourth-order valence-corrected chi connectivity index (χ4v) is 3.54. The summed E-state index contributed by atoms with van der Waals surface area (Å²) in [5.74, 6) is 0.467. The number of anilines is 1. The van der Waals surface area contributed by atoms with Crippen LogP contribution in [-0.2, 0) is 9.53 Å². The summed E-state index contributed by atoms with van der Waals surface area (Å²) < 4.78 is 21.5. The highest BCUT2D eigenvalue weighted by molar-refractivity contribution is 5.94. The van der Waals surface area contributed by atoms with Crippen molar-refractivity contribution in [3.63, 3.8) is 0 Å². The second-order valence-electron chi connectivity index (χ2n) is 7.41. The molecule has 1 amide bonds. The number of methoxy groups -OCH3 is 1. The number of benzene rings is 1. The maximum absolute atomic E-state index is 12.6. The second-order valence-corrected chi connectivity index (χ2v) is 7.41. The van der Waals surface area contributed by atoms with Crippen LogP contribution in [0.3, 0.4) is 0 Å². The number of rotatable bonds is 6. The van der Waals surface area contributed by atoms with E-state index in [1.54, 1.807) is 29.2 Å². The highest BCUT2D eigenvalue weighted by Crippen LogP contribution is 2.29. The molecule has 0 spiro atoms. The summed E-state index contributed by atoms with van der Waals surface area (Å²) in [5.41, 5.74) is 1.31. The van der Waals surface area contributed by atoms with E-state index >= 15 is 0 Å². The van der Waals surface area contributed by atoms with Crippen molar-refractivity contribution >= 4 is 17.8 Å². The lowest BCUT2D eigenvalue weighted by Gasteiger charge is -2.34. The molecule has 0 N–H and O–H groups in total. The van der Waals surface area contributed by atoms with Gasteiger partial charge in [0.1, 0.15) is 17.4 Å². The zero-order valence-electron chi connectivity index (χ0n) is 18.2. The number of esters is 1. The number of ether oxygens (including phenoxy) is 2. The molecule has 0 aliphatic carbocycles. The monoisotopic (exact) mass is 450 g/mol. The SMILES string of the molecule is COc1ccc(C)cc1C(=O)OCC(=O)N1CCN(c2oc(-c3ccco3)nc2C#N)CC1. The van der Waals surface area contributed by atoms with Gasteiger partial charge in [-0.2, -0.15) is 10.2 Å². The summed E-state index contributed by atoms with van der Waals surface area (Å²) >= 11 is 0. The van der Waals surface area contributed by atoms with E-state index in [0.29, 0.717) is 43.6 Å². The fraction of sp³-hybridized carbons (Fsp3) is 0.304. The zero-order chi connectivity index (χ0) is 23.4. The topological polar surface area (TPSA) is 122 Å². The lowest BCUT2D eigenvalue weighted by Crippen LogP contribution is -2.50. The van der Waals surface area contributed by atoms with Crippen molar-refractivity contribution in [2.75, 3.05) is 44.8 Å². The van der Waals surface area contributed by atoms with Crippen molar-refractivity contribution < 1.29 is 27.9 Å². The molecule has 0 saturated carbocycles. The summed E-state index contributed by atoms with van der Waals surface area (Å²) in [4.78, 5) is 32.7. The number of oxazole rings is 1. The Hall–Kier alpha value is -4.26. The molecule has 10 nitrogen and oxygen atoms in total. The van der Waals surface area contributed by atoms with Crippen LogP contribution in [0.2, 0.25) is 0 Å². The van der Waals surface area contributed by atoms with E-state index in [9.17, 15) is 14.9 Å². The number of carbonyl (C=O) groups is 2. The van der Waals surface area contributed by atoms with E-state index < -0.39 is 5.97 Å². The predicted octanol–water partition coefficient (Wildman–Crippen LogP) is 2.63. The number of aryl methyl sites for hydroxylation is 1. The van der Waals surface area contributed by atoms with Crippen molar-refractivity contribution in [3.05, 3.63) is 53.4 Å². The minimum Gasteiger partial charge on any atom is -0.496 e. The molecule has 1 fully saturated rings. The Balaban J connectivity index is 1.34. The van der Waals surface area contributed by atoms with Crippen LogP contribution < -0.4 is 9.64 Å². The maximum Gasteiger partial charge on any atom is 0.342 e. The molecule has 1 aromatic carbocycles. The minimum absolute atomic E-state index is 0.155. The number of nitriles is 1. The summed E-state index contributed by atoms with van der Waals surface area (Å²) in [7, 11) is 1.47. The minimum atomic E-state index is -0.617. The third-order valence-electron chi connectivity index (χ3n) is 5.27. The molecule has 10 heteroatoms. The van der Waals surface area contributed by atoms with Crippen LogP contribution in [-0.4, -0.2) is 61.7 Å². The van der Waals surface area contributed by atoms with Gasteiger partial charge >= 0.3 is 5.97 Å². The van der Waals surface area contributed by atoms with Gasteiger partial charge in [-0.05, 0) is 31.2 Å². The van der Waals surface area contributed by atoms with Gasteiger partial charge in [0.15, 0.2) is 12.4 Å². The number of piperazine rings is 1. The average molecular weight is 450 g/mol. The summed E-state index contributed by atoms with van der Waals surface area (Å²) in [5, 5.41) is 9.42. The van der Waals surface area contributed by atoms with Gasteiger partial charge in [-0.25, -0.2) is 4.79 Å². The molecule has 3 heterocycles. The van der Waals surface area contributed by atoms with Crippen LogP contribution in [0.1, 0.15) is 21.6 Å². The van der Waals surface area contributed by atoms with Crippen LogP contribution in [0.5, 0.6) is 5.75 Å². The van der Waals surface area contributed by atoms with Gasteiger partial charge < -0.3 is 28.1 Å². The quantitative estimate of drug-likeness (QED) is 0.522. The predicted molar refractivity (Wildman–Crippen MR) is 116 cm³/mol. The second kappa shape index (κ2) is 9.48. The molecule has 33 heavy (non-hydrogen) atoms. The largest absolute Gasteiger partial charge is 0.496 e. The standard InChI is InChI=1S/C23H22N4O6/c1-15-5-6-18(30-2)16(12-15)23(29)32-14-20(28)26-7-9-27(10-8-26)22-17(13-24)25-21(33-22)19-4-3-11-31-19/h3-6,11-12H,7-10,14H2,1-2H3. The molecule has 170 valence electrons. The Labute approximate surface area is 189 Å². The first-order valence-electron chi connectivity index (χ1n) is 10.3. The highest BCUT2D eigenvalue weighted by Gasteiger charge is 2.27. The van der Waals surface area contributed by atoms with E-state index in [1.807, 2.05) is 24.0 Å². The lowest BCUT2D eigenvalue weighted by molar-refractivity contribution is -0.134. The van der Waals surface area contributed by atoms with Crippen molar-refractivity contribution in [1.82, 2.24) is 9.88 Å². The van der Waals surface area contributed by atoms with Crippen LogP contribution in [0, 0.1) is 18.3 Å². The maximum atomic E-state index is 12.6. The van der Waals surface area contributed by atoms with E-state index in [2.05, 4.69) is 4.98 Å². The van der Waals surface area contributed by atoms with Crippen LogP contribution >= 0.6 is 0 Å². The van der Waals surface area contributed by atoms with E-state index in [0.717, 1.165) is 5.56 Å². The van der Waals surface area contributed by atoms with Gasteiger partial charge in [0.2, 0.25) is 11.6 Å². The van der Waals surface area contributed by atoms with Crippen LogP contribution in [0.15, 0.2) is 45.4 Å². The third-order valence-corrected chi connectivity index (χ3v) is 5.27. The molecule has 3 aromatic rings. The Morgan fingerprint density at radius 2 is 2.00 bits per heavy atom. The van der Waals surface area contributed by atoms with Crippen LogP contribution in [0.4, 0.5) is 5.88 Å². The number of hydrogen-bond acceptors (Lipinski definition) is 9. The average Bonchev–Trinajstić information content (AvgIpc) is 3.52. The molecule has 1 aliphatic rings. The molecule has 0 atom stereocenters.